The molecular formula is C11H5Cl4N. The van der Waals surface area contributed by atoms with Crippen LogP contribution in [0.5, 0.6) is 0 Å². The molecule has 82 valence electrons. The van der Waals surface area contributed by atoms with Crippen LogP contribution in [0.2, 0.25) is 20.1 Å². The lowest BCUT2D eigenvalue weighted by Gasteiger charge is -2.07. The van der Waals surface area contributed by atoms with Gasteiger partial charge in [-0.25, -0.2) is 0 Å². The summed E-state index contributed by atoms with van der Waals surface area (Å²) in [5.74, 6) is 0. The van der Waals surface area contributed by atoms with Crippen LogP contribution in [-0.2, 0) is 0 Å². The van der Waals surface area contributed by atoms with Gasteiger partial charge in [0, 0.05) is 11.8 Å². The molecule has 1 aromatic heterocycles. The number of halogens is 4. The molecule has 0 aliphatic heterocycles. The van der Waals surface area contributed by atoms with Gasteiger partial charge in [-0.2, -0.15) is 0 Å². The molecule has 1 heterocycles. The smallest absolute Gasteiger partial charge is 0.0904 e. The van der Waals surface area contributed by atoms with E-state index < -0.39 is 0 Å². The van der Waals surface area contributed by atoms with Gasteiger partial charge in [0.25, 0.3) is 0 Å². The predicted octanol–water partition coefficient (Wildman–Crippen LogP) is 5.36. The van der Waals surface area contributed by atoms with Gasteiger partial charge in [0.1, 0.15) is 0 Å². The van der Waals surface area contributed by atoms with E-state index in [-0.39, 0.29) is 0 Å². The van der Waals surface area contributed by atoms with E-state index in [1.807, 2.05) is 0 Å². The molecule has 0 unspecified atom stereocenters. The molecule has 0 saturated carbocycles. The van der Waals surface area contributed by atoms with Gasteiger partial charge in [0.15, 0.2) is 0 Å². The van der Waals surface area contributed by atoms with E-state index in [2.05, 4.69) is 4.98 Å². The van der Waals surface area contributed by atoms with Crippen molar-refractivity contribution in [2.75, 3.05) is 0 Å². The summed E-state index contributed by atoms with van der Waals surface area (Å²) in [5.41, 5.74) is 1.26. The Labute approximate surface area is 113 Å². The third-order valence-corrected chi connectivity index (χ3v) is 3.33. The molecule has 0 fully saturated rings. The second kappa shape index (κ2) is 4.80. The Morgan fingerprint density at radius 3 is 2.38 bits per heavy atom. The fraction of sp³-hybridized carbons (Fsp3) is 0. The van der Waals surface area contributed by atoms with Crippen LogP contribution < -0.4 is 0 Å². The van der Waals surface area contributed by atoms with Crippen molar-refractivity contribution in [1.82, 2.24) is 4.98 Å². The summed E-state index contributed by atoms with van der Waals surface area (Å²) in [7, 11) is 0. The molecular weight excluding hydrogens is 288 g/mol. The lowest BCUT2D eigenvalue weighted by molar-refractivity contribution is 1.33. The van der Waals surface area contributed by atoms with E-state index in [1.165, 1.54) is 6.20 Å². The molecule has 0 aliphatic carbocycles. The van der Waals surface area contributed by atoms with Crippen LogP contribution in [0, 0.1) is 0 Å². The van der Waals surface area contributed by atoms with Gasteiger partial charge in [-0.15, -0.1) is 0 Å². The fourth-order valence-electron chi connectivity index (χ4n) is 1.30. The Morgan fingerprint density at radius 2 is 1.69 bits per heavy atom. The summed E-state index contributed by atoms with van der Waals surface area (Å²) in [4.78, 5) is 4.14. The number of pyridine rings is 1. The van der Waals surface area contributed by atoms with Crippen molar-refractivity contribution in [3.8, 4) is 11.3 Å². The van der Waals surface area contributed by atoms with Crippen molar-refractivity contribution < 1.29 is 0 Å². The van der Waals surface area contributed by atoms with Gasteiger partial charge in [-0.1, -0.05) is 58.5 Å². The second-order valence-corrected chi connectivity index (χ2v) is 4.71. The van der Waals surface area contributed by atoms with Crippen molar-refractivity contribution in [2.45, 2.75) is 0 Å². The second-order valence-electron chi connectivity index (χ2n) is 3.09. The largest absolute Gasteiger partial charge is 0.253 e. The molecule has 16 heavy (non-hydrogen) atoms. The number of rotatable bonds is 1. The van der Waals surface area contributed by atoms with Crippen LogP contribution in [0.4, 0.5) is 0 Å². The molecule has 0 saturated heterocycles. The quantitative estimate of drug-likeness (QED) is 0.689. The van der Waals surface area contributed by atoms with Gasteiger partial charge in [0.2, 0.25) is 0 Å². The van der Waals surface area contributed by atoms with E-state index in [0.29, 0.717) is 31.3 Å². The van der Waals surface area contributed by atoms with Crippen molar-refractivity contribution in [3.63, 3.8) is 0 Å². The monoisotopic (exact) mass is 291 g/mol. The van der Waals surface area contributed by atoms with Crippen molar-refractivity contribution in [2.24, 2.45) is 0 Å². The summed E-state index contributed by atoms with van der Waals surface area (Å²) in [5, 5.41) is 1.82. The first-order valence-corrected chi connectivity index (χ1v) is 5.86. The van der Waals surface area contributed by atoms with E-state index in [9.17, 15) is 0 Å². The molecule has 0 aliphatic rings. The summed E-state index contributed by atoms with van der Waals surface area (Å²) in [6.07, 6.45) is 1.51. The molecule has 1 aromatic carbocycles. The highest BCUT2D eigenvalue weighted by molar-refractivity contribution is 6.44. The summed E-state index contributed by atoms with van der Waals surface area (Å²) in [6.45, 7) is 0. The Hall–Kier alpha value is -0.470. The Kier molecular flexibility index (Phi) is 3.60. The van der Waals surface area contributed by atoms with Crippen LogP contribution in [0.25, 0.3) is 11.3 Å². The normalized spacial score (nSPS) is 10.5. The Balaban J connectivity index is 2.63. The fourth-order valence-corrected chi connectivity index (χ4v) is 2.17. The first kappa shape index (κ1) is 12.0. The molecule has 0 atom stereocenters. The van der Waals surface area contributed by atoms with Gasteiger partial charge >= 0.3 is 0 Å². The molecule has 0 spiro atoms. The molecule has 0 N–H and O–H groups in total. The molecule has 2 aromatic rings. The third-order valence-electron chi connectivity index (χ3n) is 2.01. The van der Waals surface area contributed by atoms with Gasteiger partial charge in [-0.05, 0) is 12.1 Å². The number of hydrogen-bond acceptors (Lipinski definition) is 1. The number of aromatic nitrogens is 1. The maximum Gasteiger partial charge on any atom is 0.0904 e. The Bertz CT molecular complexity index is 540. The van der Waals surface area contributed by atoms with Gasteiger partial charge in [0.05, 0.1) is 25.8 Å². The minimum Gasteiger partial charge on any atom is -0.253 e. The van der Waals surface area contributed by atoms with Crippen molar-refractivity contribution >= 4 is 46.4 Å². The zero-order valence-electron chi connectivity index (χ0n) is 7.85. The number of nitrogens with zero attached hydrogens (tertiary/aromatic N) is 1. The highest BCUT2D eigenvalue weighted by atomic mass is 35.5. The number of hydrogen-bond donors (Lipinski definition) is 0. The molecule has 1 nitrogen and oxygen atoms in total. The summed E-state index contributed by atoms with van der Waals surface area (Å²) in [6, 6.07) is 6.91. The van der Waals surface area contributed by atoms with Crippen molar-refractivity contribution in [1.29, 1.82) is 0 Å². The lowest BCUT2D eigenvalue weighted by atomic mass is 10.1. The molecule has 0 bridgehead atoms. The van der Waals surface area contributed by atoms with E-state index in [4.69, 9.17) is 46.4 Å². The van der Waals surface area contributed by atoms with Crippen LogP contribution in [0.15, 0.2) is 30.5 Å². The SMILES string of the molecule is Clc1cnc(-c2cccc(Cl)c2Cl)c(Cl)c1. The van der Waals surface area contributed by atoms with Crippen LogP contribution in [-0.4, -0.2) is 4.98 Å². The zero-order chi connectivity index (χ0) is 11.7. The average Bonchev–Trinajstić information content (AvgIpc) is 2.23. The lowest BCUT2D eigenvalue weighted by Crippen LogP contribution is -1.86. The number of benzene rings is 1. The van der Waals surface area contributed by atoms with Crippen LogP contribution >= 0.6 is 46.4 Å². The van der Waals surface area contributed by atoms with E-state index in [0.717, 1.165) is 0 Å². The Morgan fingerprint density at radius 1 is 0.938 bits per heavy atom. The van der Waals surface area contributed by atoms with Crippen LogP contribution in [0.3, 0.4) is 0 Å². The van der Waals surface area contributed by atoms with Gasteiger partial charge in [-0.3, -0.25) is 4.98 Å². The maximum absolute atomic E-state index is 6.08. The minimum absolute atomic E-state index is 0.431. The van der Waals surface area contributed by atoms with Crippen molar-refractivity contribution in [3.05, 3.63) is 50.6 Å². The molecule has 0 radical (unpaired) electrons. The maximum atomic E-state index is 6.08. The summed E-state index contributed by atoms with van der Waals surface area (Å²) < 4.78 is 0. The standard InChI is InChI=1S/C11H5Cl4N/c12-6-4-9(14)11(16-5-6)7-2-1-3-8(13)10(7)15/h1-5H. The average molecular weight is 293 g/mol. The predicted molar refractivity (Wildman–Crippen MR) is 69.7 cm³/mol. The topological polar surface area (TPSA) is 12.9 Å². The first-order chi connectivity index (χ1) is 7.59. The highest BCUT2D eigenvalue weighted by Gasteiger charge is 2.11. The van der Waals surface area contributed by atoms with Gasteiger partial charge < -0.3 is 0 Å². The summed E-state index contributed by atoms with van der Waals surface area (Å²) >= 11 is 23.8. The van der Waals surface area contributed by atoms with E-state index >= 15 is 0 Å². The molecule has 2 rings (SSSR count). The minimum atomic E-state index is 0.431. The zero-order valence-corrected chi connectivity index (χ0v) is 10.9. The molecule has 0 amide bonds. The first-order valence-electron chi connectivity index (χ1n) is 4.35. The highest BCUT2D eigenvalue weighted by Crippen LogP contribution is 2.36. The molecule has 5 heteroatoms. The third kappa shape index (κ3) is 2.28. The van der Waals surface area contributed by atoms with Crippen LogP contribution in [0.1, 0.15) is 0 Å². The van der Waals surface area contributed by atoms with E-state index in [1.54, 1.807) is 24.3 Å².